The van der Waals surface area contributed by atoms with Crippen molar-refractivity contribution >= 4 is 61.8 Å². The Morgan fingerprint density at radius 2 is 1.35 bits per heavy atom. The van der Waals surface area contributed by atoms with Crippen molar-refractivity contribution < 1.29 is 4.42 Å². The van der Waals surface area contributed by atoms with Gasteiger partial charge >= 0.3 is 0 Å². The number of hydrogen-bond acceptors (Lipinski definition) is 2. The van der Waals surface area contributed by atoms with Gasteiger partial charge in [-0.05, 0) is 82.1 Å². The predicted molar refractivity (Wildman–Crippen MR) is 202 cm³/mol. The zero-order valence-electron chi connectivity index (χ0n) is 26.2. The lowest BCUT2D eigenvalue weighted by Gasteiger charge is -2.11. The van der Waals surface area contributed by atoms with Crippen molar-refractivity contribution in [2.24, 2.45) is 0 Å². The number of para-hydroxylation sites is 1. The van der Waals surface area contributed by atoms with Crippen molar-refractivity contribution in [1.82, 2.24) is 9.55 Å². The van der Waals surface area contributed by atoms with Crippen molar-refractivity contribution in [3.8, 4) is 28.1 Å². The van der Waals surface area contributed by atoms with Gasteiger partial charge in [0.2, 0.25) is 0 Å². The molecule has 9 aromatic rings. The summed E-state index contributed by atoms with van der Waals surface area (Å²) in [6, 6.07) is 50.9. The summed E-state index contributed by atoms with van der Waals surface area (Å²) >= 11 is 0. The highest BCUT2D eigenvalue weighted by Gasteiger charge is 2.18. The minimum absolute atomic E-state index is 0.896. The van der Waals surface area contributed by atoms with Gasteiger partial charge in [-0.1, -0.05) is 116 Å². The summed E-state index contributed by atoms with van der Waals surface area (Å²) in [6.45, 7) is 4.30. The molecule has 0 aliphatic carbocycles. The van der Waals surface area contributed by atoms with Gasteiger partial charge in [0.25, 0.3) is 0 Å². The number of furan rings is 1. The molecule has 3 nitrogen and oxygen atoms in total. The van der Waals surface area contributed by atoms with E-state index in [9.17, 15) is 0 Å². The molecule has 0 spiro atoms. The van der Waals surface area contributed by atoms with Crippen LogP contribution in [0.4, 0.5) is 0 Å². The Balaban J connectivity index is 1.17. The van der Waals surface area contributed by atoms with Gasteiger partial charge in [-0.3, -0.25) is 4.98 Å². The first-order valence-electron chi connectivity index (χ1n) is 16.2. The van der Waals surface area contributed by atoms with E-state index in [4.69, 9.17) is 9.40 Å². The molecular formula is C45H30N2O. The van der Waals surface area contributed by atoms with Crippen LogP contribution >= 0.6 is 0 Å². The van der Waals surface area contributed by atoms with Crippen LogP contribution in [0.25, 0.3) is 89.9 Å². The van der Waals surface area contributed by atoms with Crippen LogP contribution in [0.3, 0.4) is 0 Å². The van der Waals surface area contributed by atoms with Crippen molar-refractivity contribution in [1.29, 1.82) is 0 Å². The van der Waals surface area contributed by atoms with E-state index in [-0.39, 0.29) is 0 Å². The third kappa shape index (κ3) is 4.64. The van der Waals surface area contributed by atoms with E-state index in [1.807, 2.05) is 30.5 Å². The van der Waals surface area contributed by atoms with E-state index in [2.05, 4.69) is 151 Å². The van der Waals surface area contributed by atoms with Gasteiger partial charge in [0, 0.05) is 39.2 Å². The first kappa shape index (κ1) is 27.8. The van der Waals surface area contributed by atoms with Gasteiger partial charge in [-0.15, -0.1) is 0 Å². The van der Waals surface area contributed by atoms with Gasteiger partial charge in [-0.2, -0.15) is 0 Å². The molecule has 0 amide bonds. The Morgan fingerprint density at radius 1 is 0.583 bits per heavy atom. The molecule has 0 bridgehead atoms. The maximum atomic E-state index is 6.08. The molecule has 3 aromatic heterocycles. The van der Waals surface area contributed by atoms with Gasteiger partial charge < -0.3 is 8.98 Å². The lowest BCUT2D eigenvalue weighted by atomic mass is 10.0. The predicted octanol–water partition coefficient (Wildman–Crippen LogP) is 12.2. The zero-order chi connectivity index (χ0) is 32.0. The van der Waals surface area contributed by atoms with E-state index in [0.29, 0.717) is 0 Å². The fraction of sp³-hybridized carbons (Fsp3) is 0. The lowest BCUT2D eigenvalue weighted by Crippen LogP contribution is -1.97. The van der Waals surface area contributed by atoms with E-state index in [0.717, 1.165) is 66.8 Å². The van der Waals surface area contributed by atoms with Crippen LogP contribution in [0.1, 0.15) is 16.8 Å². The van der Waals surface area contributed by atoms with Crippen LogP contribution in [0.5, 0.6) is 0 Å². The quantitative estimate of drug-likeness (QED) is 0.187. The van der Waals surface area contributed by atoms with Crippen LogP contribution in [0.15, 0.2) is 163 Å². The Labute approximate surface area is 278 Å². The van der Waals surface area contributed by atoms with Crippen LogP contribution in [0, 0.1) is 0 Å². The van der Waals surface area contributed by atoms with Crippen molar-refractivity contribution in [3.63, 3.8) is 0 Å². The first-order valence-corrected chi connectivity index (χ1v) is 16.2. The average molecular weight is 615 g/mol. The second-order valence-electron chi connectivity index (χ2n) is 12.0. The van der Waals surface area contributed by atoms with Gasteiger partial charge in [-0.25, -0.2) is 0 Å². The third-order valence-corrected chi connectivity index (χ3v) is 9.26. The van der Waals surface area contributed by atoms with Crippen molar-refractivity contribution in [3.05, 3.63) is 175 Å². The molecule has 0 aliphatic heterocycles. The molecule has 6 aromatic carbocycles. The zero-order valence-corrected chi connectivity index (χ0v) is 26.2. The molecule has 48 heavy (non-hydrogen) atoms. The fourth-order valence-electron chi connectivity index (χ4n) is 6.96. The van der Waals surface area contributed by atoms with Crippen LogP contribution in [-0.2, 0) is 0 Å². The monoisotopic (exact) mass is 614 g/mol. The summed E-state index contributed by atoms with van der Waals surface area (Å²) in [5.41, 5.74) is 11.6. The fourth-order valence-corrected chi connectivity index (χ4v) is 6.96. The number of pyridine rings is 1. The standard InChI is InChI=1S/C45H30N2O/c1-2-41-38(23-16-30-17-25-44-39(28-30)37-14-8-9-15-43(37)48-44)45-36-13-7-6-12-32(36)20-24-42(45)47(41)35-21-18-33(19-22-35)40-29-34(26-27-46-40)31-10-4-3-5-11-31/h2-29H,1H2. The van der Waals surface area contributed by atoms with E-state index in [1.165, 1.54) is 21.7 Å². The molecular weight excluding hydrogens is 585 g/mol. The molecule has 0 N–H and O–H groups in total. The molecule has 0 atom stereocenters. The van der Waals surface area contributed by atoms with Gasteiger partial charge in [0.15, 0.2) is 0 Å². The highest BCUT2D eigenvalue weighted by molar-refractivity contribution is 6.13. The largest absolute Gasteiger partial charge is 0.456 e. The number of hydrogen-bond donors (Lipinski definition) is 0. The molecule has 0 saturated carbocycles. The van der Waals surface area contributed by atoms with E-state index in [1.54, 1.807) is 0 Å². The summed E-state index contributed by atoms with van der Waals surface area (Å²) in [4.78, 5) is 4.71. The molecule has 9 rings (SSSR count). The Morgan fingerprint density at radius 3 is 2.21 bits per heavy atom. The molecule has 226 valence electrons. The Bertz CT molecular complexity index is 2670. The normalized spacial score (nSPS) is 11.8. The van der Waals surface area contributed by atoms with E-state index >= 15 is 0 Å². The van der Waals surface area contributed by atoms with Crippen molar-refractivity contribution in [2.75, 3.05) is 0 Å². The highest BCUT2D eigenvalue weighted by atomic mass is 16.3. The van der Waals surface area contributed by atoms with Crippen LogP contribution in [-0.4, -0.2) is 9.55 Å². The third-order valence-electron chi connectivity index (χ3n) is 9.26. The van der Waals surface area contributed by atoms with Gasteiger partial charge in [0.1, 0.15) is 11.2 Å². The number of nitrogens with zero attached hydrogens (tertiary/aromatic N) is 2. The van der Waals surface area contributed by atoms with E-state index < -0.39 is 0 Å². The second kappa shape index (κ2) is 11.4. The molecule has 0 saturated heterocycles. The SMILES string of the molecule is C=Cc1c(C=Cc2ccc3oc4ccccc4c3c2)c2c3ccccc3ccc2n1-c1ccc(-c2cc(-c3ccccc3)ccn2)cc1. The molecule has 0 aliphatic rings. The second-order valence-corrected chi connectivity index (χ2v) is 12.0. The molecule has 0 unspecified atom stereocenters. The Hall–Kier alpha value is -6.45. The summed E-state index contributed by atoms with van der Waals surface area (Å²) < 4.78 is 8.40. The number of aromatic nitrogens is 2. The average Bonchev–Trinajstić information content (AvgIpc) is 3.69. The maximum absolute atomic E-state index is 6.08. The minimum Gasteiger partial charge on any atom is -0.456 e. The Kier molecular flexibility index (Phi) is 6.62. The summed E-state index contributed by atoms with van der Waals surface area (Å²) in [7, 11) is 0. The smallest absolute Gasteiger partial charge is 0.135 e. The number of rotatable bonds is 6. The number of benzene rings is 6. The molecule has 0 fully saturated rings. The lowest BCUT2D eigenvalue weighted by molar-refractivity contribution is 0.669. The molecule has 3 heterocycles. The molecule has 0 radical (unpaired) electrons. The number of fused-ring (bicyclic) bond motifs is 6. The van der Waals surface area contributed by atoms with Crippen LogP contribution < -0.4 is 0 Å². The molecule has 3 heteroatoms. The maximum Gasteiger partial charge on any atom is 0.135 e. The summed E-state index contributed by atoms with van der Waals surface area (Å²) in [6.07, 6.45) is 8.29. The summed E-state index contributed by atoms with van der Waals surface area (Å²) in [5.74, 6) is 0. The van der Waals surface area contributed by atoms with Gasteiger partial charge in [0.05, 0.1) is 16.9 Å². The highest BCUT2D eigenvalue weighted by Crippen LogP contribution is 2.38. The topological polar surface area (TPSA) is 31.0 Å². The van der Waals surface area contributed by atoms with Crippen LogP contribution in [0.2, 0.25) is 0 Å². The van der Waals surface area contributed by atoms with Crippen molar-refractivity contribution in [2.45, 2.75) is 0 Å². The first-order chi connectivity index (χ1) is 23.7. The summed E-state index contributed by atoms with van der Waals surface area (Å²) in [5, 5.41) is 5.87. The minimum atomic E-state index is 0.896.